The van der Waals surface area contributed by atoms with E-state index in [1.807, 2.05) is 6.08 Å². The van der Waals surface area contributed by atoms with Gasteiger partial charge in [-0.1, -0.05) is 34.9 Å². The van der Waals surface area contributed by atoms with Gasteiger partial charge in [-0.05, 0) is 81.1 Å². The zero-order valence-corrected chi connectivity index (χ0v) is 23.8. The molecule has 0 saturated heterocycles. The van der Waals surface area contributed by atoms with Crippen molar-refractivity contribution < 1.29 is 27.2 Å². The second-order valence-corrected chi connectivity index (χ2v) is 12.6. The molecule has 0 bridgehead atoms. The average Bonchev–Trinajstić information content (AvgIpc) is 2.71. The first-order chi connectivity index (χ1) is 15.6. The van der Waals surface area contributed by atoms with Crippen LogP contribution in [0.3, 0.4) is 0 Å². The Kier molecular flexibility index (Phi) is 17.6. The zero-order chi connectivity index (χ0) is 25.3. The van der Waals surface area contributed by atoms with Crippen molar-refractivity contribution in [1.82, 2.24) is 5.32 Å². The van der Waals surface area contributed by atoms with Gasteiger partial charge in [-0.15, -0.1) is 0 Å². The number of hydrogen-bond donors (Lipinski definition) is 1. The Morgan fingerprint density at radius 2 is 1.09 bits per heavy atom. The van der Waals surface area contributed by atoms with Crippen molar-refractivity contribution in [3.05, 3.63) is 34.9 Å². The molecule has 194 valence electrons. The lowest BCUT2D eigenvalue weighted by Crippen LogP contribution is -2.32. The summed E-state index contributed by atoms with van der Waals surface area (Å²) in [7, 11) is -7.58. The molecule has 0 aromatic rings. The molecule has 0 aliphatic carbocycles. The van der Waals surface area contributed by atoms with Crippen LogP contribution in [-0.4, -0.2) is 38.5 Å². The van der Waals surface area contributed by atoms with Crippen LogP contribution in [0.25, 0.3) is 0 Å². The van der Waals surface area contributed by atoms with Gasteiger partial charge in [0, 0.05) is 6.54 Å². The van der Waals surface area contributed by atoms with Crippen molar-refractivity contribution in [3.8, 4) is 0 Å². The zero-order valence-electron chi connectivity index (χ0n) is 22.0. The van der Waals surface area contributed by atoms with Crippen molar-refractivity contribution in [2.24, 2.45) is 0 Å². The minimum Gasteiger partial charge on any atom is -0.307 e. The van der Waals surface area contributed by atoms with E-state index < -0.39 is 20.7 Å². The van der Waals surface area contributed by atoms with Crippen LogP contribution < -0.4 is 5.32 Å². The Morgan fingerprint density at radius 1 is 0.697 bits per heavy atom. The quantitative estimate of drug-likeness (QED) is 0.141. The Hall–Kier alpha value is -0.520. The molecular weight excluding hydrogens is 460 g/mol. The van der Waals surface area contributed by atoms with E-state index in [1.165, 1.54) is 16.7 Å². The molecule has 0 amide bonds. The summed E-state index contributed by atoms with van der Waals surface area (Å²) in [6.45, 7) is 16.3. The van der Waals surface area contributed by atoms with Crippen LogP contribution in [0.5, 0.6) is 0 Å². The molecule has 0 spiro atoms. The van der Waals surface area contributed by atoms with Crippen molar-refractivity contribution in [3.63, 3.8) is 0 Å². The van der Waals surface area contributed by atoms with E-state index in [4.69, 9.17) is 18.1 Å². The van der Waals surface area contributed by atoms with Gasteiger partial charge in [-0.2, -0.15) is 0 Å². The van der Waals surface area contributed by atoms with Gasteiger partial charge in [0.1, 0.15) is 0 Å². The van der Waals surface area contributed by atoms with Gasteiger partial charge in [-0.25, -0.2) is 0 Å². The van der Waals surface area contributed by atoms with Crippen molar-refractivity contribution in [2.45, 2.75) is 86.6 Å². The summed E-state index contributed by atoms with van der Waals surface area (Å²) in [6, 6.07) is 0. The summed E-state index contributed by atoms with van der Waals surface area (Å²) < 4.78 is 48.9. The summed E-state index contributed by atoms with van der Waals surface area (Å²) >= 11 is 0. The summed E-state index contributed by atoms with van der Waals surface area (Å²) in [5, 5.41) is 3.08. The van der Waals surface area contributed by atoms with Crippen LogP contribution in [0.15, 0.2) is 34.9 Å². The van der Waals surface area contributed by atoms with Gasteiger partial charge < -0.3 is 18.1 Å². The molecule has 0 fully saturated rings. The van der Waals surface area contributed by atoms with Gasteiger partial charge >= 0.3 is 15.2 Å². The number of hydrogen-bond acceptors (Lipinski definition) is 7. The van der Waals surface area contributed by atoms with Crippen molar-refractivity contribution in [2.75, 3.05) is 33.0 Å². The van der Waals surface area contributed by atoms with E-state index >= 15 is 0 Å². The standard InChI is InChI=1S/C24H47NO6P2/c1-9-28-32(26,29-10-2)24(33(27,30-11-3)31-12-4)25-20-19-23(8)18-14-17-22(7)16-13-15-21(5)6/h15,17,19,24-25H,9-14,16,18,20H2,1-8H3. The summed E-state index contributed by atoms with van der Waals surface area (Å²) in [5.74, 6) is 0. The van der Waals surface area contributed by atoms with E-state index in [0.717, 1.165) is 25.7 Å². The van der Waals surface area contributed by atoms with Crippen LogP contribution in [0.1, 0.15) is 81.1 Å². The summed E-state index contributed by atoms with van der Waals surface area (Å²) in [5.41, 5.74) is 2.72. The molecule has 0 rings (SSSR count). The lowest BCUT2D eigenvalue weighted by molar-refractivity contribution is 0.191. The molecule has 0 aromatic heterocycles. The topological polar surface area (TPSA) is 83.1 Å². The maximum absolute atomic E-state index is 13.5. The largest absolute Gasteiger partial charge is 0.359 e. The monoisotopic (exact) mass is 507 g/mol. The Bertz CT molecular complexity index is 678. The second kappa shape index (κ2) is 17.8. The van der Waals surface area contributed by atoms with Crippen LogP contribution >= 0.6 is 15.2 Å². The normalized spacial score (nSPS) is 13.6. The molecule has 7 nitrogen and oxygen atoms in total. The molecule has 1 N–H and O–H groups in total. The first-order valence-electron chi connectivity index (χ1n) is 12.0. The molecule has 0 saturated carbocycles. The van der Waals surface area contributed by atoms with Gasteiger partial charge in [-0.3, -0.25) is 14.4 Å². The fourth-order valence-electron chi connectivity index (χ4n) is 3.15. The predicted octanol–water partition coefficient (Wildman–Crippen LogP) is 7.81. The lowest BCUT2D eigenvalue weighted by Gasteiger charge is -2.31. The van der Waals surface area contributed by atoms with E-state index in [-0.39, 0.29) is 26.4 Å². The van der Waals surface area contributed by atoms with Crippen LogP contribution in [0, 0.1) is 0 Å². The lowest BCUT2D eigenvalue weighted by atomic mass is 10.1. The van der Waals surface area contributed by atoms with E-state index in [9.17, 15) is 9.13 Å². The third kappa shape index (κ3) is 13.2. The van der Waals surface area contributed by atoms with Crippen molar-refractivity contribution >= 4 is 15.2 Å². The molecule has 0 aliphatic heterocycles. The molecular formula is C24H47NO6P2. The highest BCUT2D eigenvalue weighted by Crippen LogP contribution is 2.69. The molecule has 0 atom stereocenters. The summed E-state index contributed by atoms with van der Waals surface area (Å²) in [6.07, 6.45) is 10.6. The number of rotatable bonds is 19. The highest BCUT2D eigenvalue weighted by atomic mass is 31.2. The first-order valence-corrected chi connectivity index (χ1v) is 15.3. The molecule has 0 radical (unpaired) electrons. The maximum Gasteiger partial charge on any atom is 0.359 e. The Labute approximate surface area is 202 Å². The van der Waals surface area contributed by atoms with Gasteiger partial charge in [0.05, 0.1) is 26.4 Å². The highest BCUT2D eigenvalue weighted by molar-refractivity contribution is 7.72. The Balaban J connectivity index is 5.27. The molecule has 0 unspecified atom stereocenters. The van der Waals surface area contributed by atoms with E-state index in [2.05, 4.69) is 45.2 Å². The molecule has 0 heterocycles. The predicted molar refractivity (Wildman–Crippen MR) is 139 cm³/mol. The van der Waals surface area contributed by atoms with Gasteiger partial charge in [0.25, 0.3) is 0 Å². The van der Waals surface area contributed by atoms with Gasteiger partial charge in [0.2, 0.25) is 5.52 Å². The Morgan fingerprint density at radius 3 is 1.48 bits per heavy atom. The van der Waals surface area contributed by atoms with Crippen LogP contribution in [-0.2, 0) is 27.2 Å². The van der Waals surface area contributed by atoms with E-state index in [1.54, 1.807) is 27.7 Å². The molecule has 0 aromatic carbocycles. The van der Waals surface area contributed by atoms with E-state index in [0.29, 0.717) is 6.54 Å². The number of allylic oxidation sites excluding steroid dienone is 5. The minimum atomic E-state index is -3.79. The smallest absolute Gasteiger partial charge is 0.307 e. The third-order valence-corrected chi connectivity index (χ3v) is 10.4. The minimum absolute atomic E-state index is 0.155. The average molecular weight is 508 g/mol. The van der Waals surface area contributed by atoms with Crippen molar-refractivity contribution in [1.29, 1.82) is 0 Å². The van der Waals surface area contributed by atoms with Crippen LogP contribution in [0.2, 0.25) is 0 Å². The number of nitrogens with one attached hydrogen (secondary N) is 1. The summed E-state index contributed by atoms with van der Waals surface area (Å²) in [4.78, 5) is 0. The van der Waals surface area contributed by atoms with Crippen LogP contribution in [0.4, 0.5) is 0 Å². The fourth-order valence-corrected chi connectivity index (χ4v) is 8.15. The molecule has 9 heteroatoms. The first kappa shape index (κ1) is 32.5. The highest BCUT2D eigenvalue weighted by Gasteiger charge is 2.50. The second-order valence-electron chi connectivity index (χ2n) is 7.99. The molecule has 0 aliphatic rings. The fraction of sp³-hybridized carbons (Fsp3) is 0.750. The molecule has 33 heavy (non-hydrogen) atoms. The third-order valence-electron chi connectivity index (χ3n) is 4.71. The van der Waals surface area contributed by atoms with Gasteiger partial charge in [0.15, 0.2) is 0 Å². The maximum atomic E-state index is 13.5. The SMILES string of the molecule is CCOP(=O)(OCC)C(NCC=C(C)CCC=C(C)CCC=C(C)C)P(=O)(OCC)OCC.